The first kappa shape index (κ1) is 19.9. The van der Waals surface area contributed by atoms with Crippen LogP contribution in [0.3, 0.4) is 0 Å². The molecule has 1 aromatic rings. The van der Waals surface area contributed by atoms with Crippen molar-refractivity contribution in [1.82, 2.24) is 9.29 Å². The van der Waals surface area contributed by atoms with Gasteiger partial charge in [0.15, 0.2) is 0 Å². The molecule has 5 rings (SSSR count). The second-order valence-corrected chi connectivity index (χ2v) is 10.9. The van der Waals surface area contributed by atoms with Crippen LogP contribution in [0.15, 0.2) is 18.3 Å². The van der Waals surface area contributed by atoms with E-state index in [0.29, 0.717) is 28.1 Å². The summed E-state index contributed by atoms with van der Waals surface area (Å²) in [6, 6.07) is 2.93. The summed E-state index contributed by atoms with van der Waals surface area (Å²) in [5.74, 6) is 2.54. The molecule has 2 heterocycles. The maximum absolute atomic E-state index is 12.7. The van der Waals surface area contributed by atoms with Crippen LogP contribution in [0.25, 0.3) is 0 Å². The molecule has 3 saturated carbocycles. The molecule has 4 unspecified atom stereocenters. The molecule has 0 radical (unpaired) electrons. The smallest absolute Gasteiger partial charge is 0.354 e. The highest BCUT2D eigenvalue weighted by atomic mass is 32.2. The van der Waals surface area contributed by atoms with Crippen LogP contribution in [0.4, 0.5) is 19.0 Å². The molecular formula is C21H29F3N4S. The zero-order chi connectivity index (χ0) is 20.7. The number of hydrogen-bond donors (Lipinski definition) is 1. The van der Waals surface area contributed by atoms with Gasteiger partial charge in [0.25, 0.3) is 0 Å². The third-order valence-corrected chi connectivity index (χ3v) is 10.1. The average molecular weight is 427 g/mol. The Morgan fingerprint density at radius 2 is 1.90 bits per heavy atom. The Labute approximate surface area is 174 Å². The molecule has 0 aromatic carbocycles. The minimum Gasteiger partial charge on any atom is -0.354 e. The van der Waals surface area contributed by atoms with Gasteiger partial charge >= 0.3 is 6.18 Å². The zero-order valence-corrected chi connectivity index (χ0v) is 17.8. The molecule has 4 fully saturated rings. The van der Waals surface area contributed by atoms with E-state index in [-0.39, 0.29) is 0 Å². The molecule has 29 heavy (non-hydrogen) atoms. The quantitative estimate of drug-likeness (QED) is 0.737. The number of nitrogens with two attached hydrogens (primary N) is 1. The molecule has 4 aliphatic rings. The van der Waals surface area contributed by atoms with E-state index in [1.165, 1.54) is 25.3 Å². The summed E-state index contributed by atoms with van der Waals surface area (Å²) >= 11 is 1.94. The monoisotopic (exact) mass is 426 g/mol. The van der Waals surface area contributed by atoms with Crippen LogP contribution in [-0.2, 0) is 6.18 Å². The van der Waals surface area contributed by atoms with E-state index in [1.807, 2.05) is 11.9 Å². The first-order chi connectivity index (χ1) is 13.6. The van der Waals surface area contributed by atoms with Crippen LogP contribution in [0, 0.1) is 22.2 Å². The highest BCUT2D eigenvalue weighted by Crippen LogP contribution is 2.90. The third-order valence-electron chi connectivity index (χ3n) is 8.73. The van der Waals surface area contributed by atoms with Crippen LogP contribution in [-0.4, -0.2) is 47.3 Å². The minimum atomic E-state index is -4.34. The fourth-order valence-electron chi connectivity index (χ4n) is 6.96. The Hall–Kier alpha value is -0.990. The van der Waals surface area contributed by atoms with Crippen LogP contribution in [0.2, 0.25) is 0 Å². The summed E-state index contributed by atoms with van der Waals surface area (Å²) in [6.07, 6.45) is 0.375. The lowest BCUT2D eigenvalue weighted by Crippen LogP contribution is -2.56. The number of nitrogens with zero attached hydrogens (tertiary/aromatic N) is 3. The van der Waals surface area contributed by atoms with Gasteiger partial charge in [0, 0.05) is 49.6 Å². The average Bonchev–Trinajstić information content (AvgIpc) is 3.11. The van der Waals surface area contributed by atoms with E-state index >= 15 is 0 Å². The van der Waals surface area contributed by atoms with Crippen LogP contribution >= 0.6 is 11.9 Å². The molecule has 1 saturated heterocycles. The van der Waals surface area contributed by atoms with Crippen molar-refractivity contribution in [3.63, 3.8) is 0 Å². The number of alkyl halides is 3. The summed E-state index contributed by atoms with van der Waals surface area (Å²) in [6.45, 7) is 8.19. The normalized spacial score (nSPS) is 38.3. The lowest BCUT2D eigenvalue weighted by atomic mass is 9.54. The van der Waals surface area contributed by atoms with Crippen LogP contribution in [0.1, 0.15) is 38.7 Å². The second kappa shape index (κ2) is 6.26. The predicted molar refractivity (Wildman–Crippen MR) is 109 cm³/mol. The lowest BCUT2D eigenvalue weighted by molar-refractivity contribution is -0.137. The predicted octanol–water partition coefficient (Wildman–Crippen LogP) is 4.02. The van der Waals surface area contributed by atoms with Crippen LogP contribution in [0.5, 0.6) is 0 Å². The first-order valence-electron chi connectivity index (χ1n) is 10.5. The van der Waals surface area contributed by atoms with Crippen molar-refractivity contribution in [2.24, 2.45) is 27.9 Å². The molecule has 3 aliphatic carbocycles. The van der Waals surface area contributed by atoms with Crippen molar-refractivity contribution in [3.05, 3.63) is 23.9 Å². The van der Waals surface area contributed by atoms with Gasteiger partial charge in [0.1, 0.15) is 5.82 Å². The van der Waals surface area contributed by atoms with E-state index < -0.39 is 11.7 Å². The first-order valence-corrected chi connectivity index (χ1v) is 11.5. The van der Waals surface area contributed by atoms with Crippen molar-refractivity contribution >= 4 is 17.8 Å². The number of piperazine rings is 1. The summed E-state index contributed by atoms with van der Waals surface area (Å²) in [7, 11) is 0. The fourth-order valence-corrected chi connectivity index (χ4v) is 8.41. The maximum atomic E-state index is 12.7. The molecule has 2 N–H and O–H groups in total. The molecule has 1 spiro atoms. The van der Waals surface area contributed by atoms with Gasteiger partial charge in [-0.2, -0.15) is 13.2 Å². The molecule has 8 heteroatoms. The molecule has 0 amide bonds. The molecule has 1 aliphatic heterocycles. The van der Waals surface area contributed by atoms with Gasteiger partial charge in [-0.3, -0.25) is 0 Å². The van der Waals surface area contributed by atoms with E-state index in [2.05, 4.69) is 28.0 Å². The number of pyridine rings is 1. The van der Waals surface area contributed by atoms with Gasteiger partial charge in [0.2, 0.25) is 0 Å². The van der Waals surface area contributed by atoms with E-state index in [1.54, 1.807) is 0 Å². The zero-order valence-electron chi connectivity index (χ0n) is 17.0. The molecule has 0 bridgehead atoms. The number of anilines is 1. The van der Waals surface area contributed by atoms with E-state index in [9.17, 15) is 13.2 Å². The summed E-state index contributed by atoms with van der Waals surface area (Å²) in [5, 5.41) is 0. The highest BCUT2D eigenvalue weighted by molar-refractivity contribution is 7.97. The van der Waals surface area contributed by atoms with E-state index in [4.69, 9.17) is 5.73 Å². The largest absolute Gasteiger partial charge is 0.417 e. The van der Waals surface area contributed by atoms with Crippen molar-refractivity contribution in [2.45, 2.75) is 45.3 Å². The Morgan fingerprint density at radius 3 is 2.45 bits per heavy atom. The third kappa shape index (κ3) is 2.64. The van der Waals surface area contributed by atoms with Crippen molar-refractivity contribution in [3.8, 4) is 0 Å². The Kier molecular flexibility index (Phi) is 4.31. The molecular weight excluding hydrogens is 397 g/mol. The Morgan fingerprint density at radius 1 is 1.17 bits per heavy atom. The number of halogens is 3. The van der Waals surface area contributed by atoms with Crippen LogP contribution < -0.4 is 10.6 Å². The lowest BCUT2D eigenvalue weighted by Gasteiger charge is -2.54. The second-order valence-electron chi connectivity index (χ2n) is 9.84. The molecule has 160 valence electrons. The highest BCUT2D eigenvalue weighted by Gasteiger charge is 2.86. The minimum absolute atomic E-state index is 0.304. The topological polar surface area (TPSA) is 45.4 Å². The fraction of sp³-hybridized carbons (Fsp3) is 0.762. The molecule has 1 aromatic heterocycles. The van der Waals surface area contributed by atoms with Gasteiger partial charge in [-0.15, -0.1) is 0 Å². The van der Waals surface area contributed by atoms with Gasteiger partial charge in [-0.25, -0.2) is 9.29 Å². The van der Waals surface area contributed by atoms with Gasteiger partial charge in [-0.05, 0) is 48.1 Å². The van der Waals surface area contributed by atoms with Crippen molar-refractivity contribution in [2.75, 3.05) is 36.8 Å². The molecule has 4 nitrogen and oxygen atoms in total. The summed E-state index contributed by atoms with van der Waals surface area (Å²) in [4.78, 5) is 6.11. The van der Waals surface area contributed by atoms with Gasteiger partial charge < -0.3 is 10.6 Å². The molecule has 4 atom stereocenters. The van der Waals surface area contributed by atoms with Crippen molar-refractivity contribution in [1.29, 1.82) is 0 Å². The van der Waals surface area contributed by atoms with Gasteiger partial charge in [-0.1, -0.05) is 25.8 Å². The van der Waals surface area contributed by atoms with Gasteiger partial charge in [0.05, 0.1) is 5.56 Å². The number of hydrogen-bond acceptors (Lipinski definition) is 5. The number of rotatable bonds is 4. The van der Waals surface area contributed by atoms with E-state index in [0.717, 1.165) is 50.1 Å². The SMILES string of the molecule is CC1(C)C2CC(N)C3(CSN4CCN(c5ccc(C(F)(F)F)cn5)CC4)CCC213. The van der Waals surface area contributed by atoms with Crippen molar-refractivity contribution < 1.29 is 13.2 Å². The summed E-state index contributed by atoms with van der Waals surface area (Å²) < 4.78 is 40.6. The Bertz CT molecular complexity index is 790. The standard InChI is InChI=1S/C21H29F3N4S/c1-18(2)15-11-16(25)19(5-6-20(15,18)19)13-29-28-9-7-27(8-10-28)17-4-3-14(12-26-17)21(22,23)24/h3-4,12,15-16H,5-11,13,25H2,1-2H3. The maximum Gasteiger partial charge on any atom is 0.417 e. The summed E-state index contributed by atoms with van der Waals surface area (Å²) in [5.41, 5.74) is 7.16. The number of aromatic nitrogens is 1. The Balaban J connectivity index is 1.16.